The number of hydrogen-bond acceptors (Lipinski definition) is 2. The van der Waals surface area contributed by atoms with E-state index in [-0.39, 0.29) is 0 Å². The average molecular weight is 267 g/mol. The molecule has 2 aromatic carbocycles. The third kappa shape index (κ3) is 2.86. The minimum Gasteiger partial charge on any atom is -0.497 e. The maximum atomic E-state index is 13.7. The number of benzene rings is 2. The lowest BCUT2D eigenvalue weighted by Crippen LogP contribution is -1.90. The van der Waals surface area contributed by atoms with Crippen LogP contribution >= 0.6 is 0 Å². The molecule has 20 heavy (non-hydrogen) atoms. The highest BCUT2D eigenvalue weighted by atomic mass is 19.1. The normalized spacial score (nSPS) is 11.0. The molecule has 0 heterocycles. The van der Waals surface area contributed by atoms with E-state index >= 15 is 0 Å². The molecule has 0 radical (unpaired) electrons. The highest BCUT2D eigenvalue weighted by molar-refractivity contribution is 5.90. The molecular weight excluding hydrogens is 253 g/mol. The van der Waals surface area contributed by atoms with Gasteiger partial charge in [-0.15, -0.1) is 0 Å². The van der Waals surface area contributed by atoms with Crippen molar-refractivity contribution in [2.75, 3.05) is 7.11 Å². The van der Waals surface area contributed by atoms with Crippen LogP contribution in [0.3, 0.4) is 0 Å². The molecule has 2 rings (SSSR count). The Bertz CT molecular complexity index is 698. The standard InChI is InChI=1S/C17H14FNO/c1-12-9-15(20-2)8-7-13(12)10-14(11-19)16-5-3-4-6-17(16)18/h3-10H,1-2H3. The Balaban J connectivity index is 2.48. The molecule has 0 amide bonds. The van der Waals surface area contributed by atoms with Crippen molar-refractivity contribution in [3.8, 4) is 11.8 Å². The van der Waals surface area contributed by atoms with Crippen LogP contribution in [-0.2, 0) is 0 Å². The van der Waals surface area contributed by atoms with Crippen LogP contribution in [-0.4, -0.2) is 7.11 Å². The van der Waals surface area contributed by atoms with Crippen LogP contribution in [0, 0.1) is 24.1 Å². The van der Waals surface area contributed by atoms with Crippen LogP contribution in [0.15, 0.2) is 42.5 Å². The van der Waals surface area contributed by atoms with E-state index in [4.69, 9.17) is 4.74 Å². The van der Waals surface area contributed by atoms with Crippen molar-refractivity contribution in [2.24, 2.45) is 0 Å². The predicted octanol–water partition coefficient (Wildman–Crippen LogP) is 4.21. The van der Waals surface area contributed by atoms with Crippen molar-refractivity contribution < 1.29 is 9.13 Å². The first-order chi connectivity index (χ1) is 9.65. The van der Waals surface area contributed by atoms with E-state index in [9.17, 15) is 9.65 Å². The van der Waals surface area contributed by atoms with Gasteiger partial charge < -0.3 is 4.74 Å². The van der Waals surface area contributed by atoms with Crippen molar-refractivity contribution in [3.63, 3.8) is 0 Å². The maximum absolute atomic E-state index is 13.7. The number of nitrogens with zero attached hydrogens (tertiary/aromatic N) is 1. The quantitative estimate of drug-likeness (QED) is 0.616. The van der Waals surface area contributed by atoms with Gasteiger partial charge in [-0.05, 0) is 42.3 Å². The molecule has 0 fully saturated rings. The summed E-state index contributed by atoms with van der Waals surface area (Å²) in [6.07, 6.45) is 1.69. The Kier molecular flexibility index (Phi) is 4.17. The highest BCUT2D eigenvalue weighted by Gasteiger charge is 2.07. The molecule has 2 aromatic rings. The summed E-state index contributed by atoms with van der Waals surface area (Å²) < 4.78 is 18.9. The number of hydrogen-bond donors (Lipinski definition) is 0. The largest absolute Gasteiger partial charge is 0.497 e. The van der Waals surface area contributed by atoms with Gasteiger partial charge in [-0.25, -0.2) is 4.39 Å². The van der Waals surface area contributed by atoms with E-state index in [0.29, 0.717) is 11.1 Å². The zero-order chi connectivity index (χ0) is 14.5. The zero-order valence-corrected chi connectivity index (χ0v) is 11.4. The second-order valence-corrected chi connectivity index (χ2v) is 4.37. The smallest absolute Gasteiger partial charge is 0.131 e. The van der Waals surface area contributed by atoms with Gasteiger partial charge in [-0.3, -0.25) is 0 Å². The van der Waals surface area contributed by atoms with E-state index in [0.717, 1.165) is 16.9 Å². The van der Waals surface area contributed by atoms with Crippen molar-refractivity contribution >= 4 is 11.6 Å². The van der Waals surface area contributed by atoms with Crippen molar-refractivity contribution in [3.05, 3.63) is 65.0 Å². The van der Waals surface area contributed by atoms with Crippen molar-refractivity contribution in [2.45, 2.75) is 6.92 Å². The molecule has 3 heteroatoms. The molecule has 0 atom stereocenters. The summed E-state index contributed by atoms with van der Waals surface area (Å²) >= 11 is 0. The van der Waals surface area contributed by atoms with E-state index in [1.807, 2.05) is 25.1 Å². The third-order valence-corrected chi connectivity index (χ3v) is 3.06. The molecule has 0 aliphatic rings. The van der Waals surface area contributed by atoms with E-state index < -0.39 is 5.82 Å². The lowest BCUT2D eigenvalue weighted by Gasteiger charge is -2.06. The number of rotatable bonds is 3. The molecule has 0 N–H and O–H groups in total. The Labute approximate surface area is 117 Å². The topological polar surface area (TPSA) is 33.0 Å². The maximum Gasteiger partial charge on any atom is 0.131 e. The molecule has 0 aliphatic carbocycles. The lowest BCUT2D eigenvalue weighted by molar-refractivity contribution is 0.414. The summed E-state index contributed by atoms with van der Waals surface area (Å²) in [6.45, 7) is 1.92. The first-order valence-electron chi connectivity index (χ1n) is 6.17. The number of methoxy groups -OCH3 is 1. The summed E-state index contributed by atoms with van der Waals surface area (Å²) in [4.78, 5) is 0. The molecule has 2 nitrogen and oxygen atoms in total. The molecule has 0 bridgehead atoms. The molecule has 0 saturated carbocycles. The van der Waals surface area contributed by atoms with Gasteiger partial charge in [-0.2, -0.15) is 5.26 Å². The fourth-order valence-corrected chi connectivity index (χ4v) is 1.94. The van der Waals surface area contributed by atoms with E-state index in [1.54, 1.807) is 31.4 Å². The summed E-state index contributed by atoms with van der Waals surface area (Å²) in [7, 11) is 1.60. The van der Waals surface area contributed by atoms with Gasteiger partial charge in [0.1, 0.15) is 11.6 Å². The number of ether oxygens (including phenoxy) is 1. The van der Waals surface area contributed by atoms with Crippen LogP contribution in [0.25, 0.3) is 11.6 Å². The molecule has 0 aliphatic heterocycles. The molecule has 0 spiro atoms. The molecule has 0 saturated heterocycles. The summed E-state index contributed by atoms with van der Waals surface area (Å²) in [5.41, 5.74) is 2.45. The second-order valence-electron chi connectivity index (χ2n) is 4.37. The van der Waals surface area contributed by atoms with Crippen molar-refractivity contribution in [1.82, 2.24) is 0 Å². The third-order valence-electron chi connectivity index (χ3n) is 3.06. The fraction of sp³-hybridized carbons (Fsp3) is 0.118. The summed E-state index contributed by atoms with van der Waals surface area (Å²) in [5, 5.41) is 9.25. The monoisotopic (exact) mass is 267 g/mol. The van der Waals surface area contributed by atoms with Gasteiger partial charge in [0.2, 0.25) is 0 Å². The predicted molar refractivity (Wildman–Crippen MR) is 77.6 cm³/mol. The Morgan fingerprint density at radius 1 is 1.25 bits per heavy atom. The Morgan fingerprint density at radius 2 is 2.00 bits per heavy atom. The summed E-state index contributed by atoms with van der Waals surface area (Å²) in [6, 6.07) is 13.9. The van der Waals surface area contributed by atoms with Gasteiger partial charge in [-0.1, -0.05) is 24.3 Å². The molecule has 0 aromatic heterocycles. The van der Waals surface area contributed by atoms with Gasteiger partial charge in [0.15, 0.2) is 0 Å². The minimum absolute atomic E-state index is 0.302. The van der Waals surface area contributed by atoms with Gasteiger partial charge in [0, 0.05) is 5.56 Å². The lowest BCUT2D eigenvalue weighted by atomic mass is 10.0. The van der Waals surface area contributed by atoms with Crippen LogP contribution in [0.4, 0.5) is 4.39 Å². The molecule has 100 valence electrons. The first-order valence-corrected chi connectivity index (χ1v) is 6.17. The van der Waals surface area contributed by atoms with Crippen LogP contribution in [0.2, 0.25) is 0 Å². The average Bonchev–Trinajstić information content (AvgIpc) is 2.47. The first kappa shape index (κ1) is 13.8. The highest BCUT2D eigenvalue weighted by Crippen LogP contribution is 2.24. The van der Waals surface area contributed by atoms with Crippen LogP contribution < -0.4 is 4.74 Å². The van der Waals surface area contributed by atoms with Gasteiger partial charge in [0.25, 0.3) is 0 Å². The SMILES string of the molecule is COc1ccc(C=C(C#N)c2ccccc2F)c(C)c1. The van der Waals surface area contributed by atoms with E-state index in [2.05, 4.69) is 6.07 Å². The van der Waals surface area contributed by atoms with Gasteiger partial charge in [0.05, 0.1) is 18.8 Å². The Hall–Kier alpha value is -2.60. The van der Waals surface area contributed by atoms with Crippen LogP contribution in [0.5, 0.6) is 5.75 Å². The number of nitriles is 1. The zero-order valence-electron chi connectivity index (χ0n) is 11.4. The van der Waals surface area contributed by atoms with Gasteiger partial charge >= 0.3 is 0 Å². The Morgan fingerprint density at radius 3 is 2.60 bits per heavy atom. The number of aryl methyl sites for hydroxylation is 1. The van der Waals surface area contributed by atoms with Crippen LogP contribution in [0.1, 0.15) is 16.7 Å². The summed E-state index contributed by atoms with van der Waals surface area (Å²) in [5.74, 6) is 0.357. The second kappa shape index (κ2) is 6.03. The fourth-order valence-electron chi connectivity index (χ4n) is 1.94. The van der Waals surface area contributed by atoms with E-state index in [1.165, 1.54) is 6.07 Å². The number of allylic oxidation sites excluding steroid dienone is 1. The minimum atomic E-state index is -0.397. The van der Waals surface area contributed by atoms with Crippen molar-refractivity contribution in [1.29, 1.82) is 5.26 Å². The molecule has 0 unspecified atom stereocenters. The molecular formula is C17H14FNO. The number of halogens is 1.